The monoisotopic (exact) mass is 388 g/mol. The Morgan fingerprint density at radius 1 is 0.917 bits per heavy atom. The molecule has 2 rings (SSSR count). The van der Waals surface area contributed by atoms with E-state index in [0.29, 0.717) is 0 Å². The van der Waals surface area contributed by atoms with Gasteiger partial charge in [0.15, 0.2) is 0 Å². The van der Waals surface area contributed by atoms with Crippen LogP contribution in [0.15, 0.2) is 52.3 Å². The molecule has 130 valence electrons. The Kier molecular flexibility index (Phi) is 5.24. The third kappa shape index (κ3) is 3.89. The van der Waals surface area contributed by atoms with Crippen molar-refractivity contribution in [1.29, 1.82) is 0 Å². The number of hydrogen-bond acceptors (Lipinski definition) is 4. The van der Waals surface area contributed by atoms with Crippen molar-refractivity contribution in [3.63, 3.8) is 0 Å². The van der Waals surface area contributed by atoms with Gasteiger partial charge in [-0.05, 0) is 48.9 Å². The molecule has 2 aromatic rings. The largest absolute Gasteiger partial charge is 0.278 e. The molecule has 0 spiro atoms. The van der Waals surface area contributed by atoms with Crippen LogP contribution in [-0.4, -0.2) is 35.2 Å². The summed E-state index contributed by atoms with van der Waals surface area (Å²) in [6.45, 7) is 1.84. The number of halogens is 1. The highest BCUT2D eigenvalue weighted by Gasteiger charge is 2.20. The molecule has 6 nitrogen and oxygen atoms in total. The normalized spacial score (nSPS) is 12.4. The van der Waals surface area contributed by atoms with Crippen LogP contribution in [0, 0.1) is 6.92 Å². The first-order chi connectivity index (χ1) is 11.0. The topological polar surface area (TPSA) is 83.5 Å². The van der Waals surface area contributed by atoms with Crippen LogP contribution in [0.3, 0.4) is 0 Å². The first-order valence-corrected chi connectivity index (χ1v) is 10.2. The van der Waals surface area contributed by atoms with Crippen molar-refractivity contribution in [2.75, 3.05) is 18.8 Å². The number of nitrogens with zero attached hydrogens (tertiary/aromatic N) is 1. The summed E-state index contributed by atoms with van der Waals surface area (Å²) in [6.07, 6.45) is 0. The van der Waals surface area contributed by atoms with E-state index in [-0.39, 0.29) is 20.5 Å². The molecule has 0 saturated carbocycles. The summed E-state index contributed by atoms with van der Waals surface area (Å²) < 4.78 is 52.3. The summed E-state index contributed by atoms with van der Waals surface area (Å²) in [5.41, 5.74) is 1.16. The summed E-state index contributed by atoms with van der Waals surface area (Å²) in [4.78, 5) is -0.0448. The van der Waals surface area contributed by atoms with E-state index in [1.165, 1.54) is 38.4 Å². The Labute approximate surface area is 147 Å². The molecule has 0 aliphatic carbocycles. The van der Waals surface area contributed by atoms with Gasteiger partial charge in [0.05, 0.1) is 20.5 Å². The summed E-state index contributed by atoms with van der Waals surface area (Å²) in [7, 11) is -4.68. The Morgan fingerprint density at radius 3 is 1.96 bits per heavy atom. The fourth-order valence-electron chi connectivity index (χ4n) is 1.91. The highest BCUT2D eigenvalue weighted by molar-refractivity contribution is 7.92. The number of aryl methyl sites for hydroxylation is 1. The molecule has 0 bridgehead atoms. The van der Waals surface area contributed by atoms with Crippen LogP contribution in [0.25, 0.3) is 0 Å². The molecule has 0 atom stereocenters. The fraction of sp³-hybridized carbons (Fsp3) is 0.200. The highest BCUT2D eigenvalue weighted by Crippen LogP contribution is 2.26. The molecule has 1 N–H and O–H groups in total. The molecular formula is C15H17ClN2O4S2. The molecule has 0 aliphatic rings. The van der Waals surface area contributed by atoms with Gasteiger partial charge in [0, 0.05) is 14.1 Å². The SMILES string of the molecule is Cc1ccc(NS(=O)(=O)c2ccc(S(=O)(=O)N(C)C)cc2)c(Cl)c1. The van der Waals surface area contributed by atoms with Gasteiger partial charge in [-0.15, -0.1) is 0 Å². The van der Waals surface area contributed by atoms with E-state index in [4.69, 9.17) is 11.6 Å². The van der Waals surface area contributed by atoms with Crippen LogP contribution in [0.5, 0.6) is 0 Å². The van der Waals surface area contributed by atoms with Crippen LogP contribution in [0.2, 0.25) is 5.02 Å². The van der Waals surface area contributed by atoms with Gasteiger partial charge in [-0.3, -0.25) is 4.72 Å². The highest BCUT2D eigenvalue weighted by atomic mass is 35.5. The minimum absolute atomic E-state index is 0.0137. The van der Waals surface area contributed by atoms with Gasteiger partial charge in [-0.1, -0.05) is 17.7 Å². The minimum Gasteiger partial charge on any atom is -0.278 e. The first-order valence-electron chi connectivity index (χ1n) is 6.85. The molecule has 0 amide bonds. The molecule has 0 fully saturated rings. The lowest BCUT2D eigenvalue weighted by Gasteiger charge is -2.13. The molecule has 0 aliphatic heterocycles. The first kappa shape index (κ1) is 18.7. The van der Waals surface area contributed by atoms with Gasteiger partial charge < -0.3 is 0 Å². The minimum atomic E-state index is -3.87. The number of anilines is 1. The van der Waals surface area contributed by atoms with Gasteiger partial charge >= 0.3 is 0 Å². The molecule has 0 heterocycles. The average Bonchev–Trinajstić information content (AvgIpc) is 2.50. The standard InChI is InChI=1S/C15H17ClN2O4S2/c1-11-4-9-15(14(16)10-11)17-23(19,20)12-5-7-13(8-6-12)24(21,22)18(2)3/h4-10,17H,1-3H3. The quantitative estimate of drug-likeness (QED) is 0.853. The van der Waals surface area contributed by atoms with Crippen molar-refractivity contribution in [1.82, 2.24) is 4.31 Å². The molecule has 24 heavy (non-hydrogen) atoms. The van der Waals surface area contributed by atoms with Gasteiger partial charge in [0.2, 0.25) is 10.0 Å². The second-order valence-electron chi connectivity index (χ2n) is 5.35. The Hall–Kier alpha value is -1.61. The smallest absolute Gasteiger partial charge is 0.261 e. The van der Waals surface area contributed by atoms with Crippen LogP contribution in [-0.2, 0) is 20.0 Å². The number of sulfonamides is 2. The molecule has 0 aromatic heterocycles. The third-order valence-electron chi connectivity index (χ3n) is 3.28. The summed E-state index contributed by atoms with van der Waals surface area (Å²) >= 11 is 6.03. The number of hydrogen-bond donors (Lipinski definition) is 1. The molecule has 0 saturated heterocycles. The summed E-state index contributed by atoms with van der Waals surface area (Å²) in [6, 6.07) is 9.92. The number of benzene rings is 2. The van der Waals surface area contributed by atoms with Gasteiger partial charge in [0.1, 0.15) is 0 Å². The molecule has 2 aromatic carbocycles. The van der Waals surface area contributed by atoms with Crippen LogP contribution in [0.4, 0.5) is 5.69 Å². The maximum Gasteiger partial charge on any atom is 0.261 e. The molecule has 0 unspecified atom stereocenters. The van der Waals surface area contributed by atoms with Crippen molar-refractivity contribution in [2.24, 2.45) is 0 Å². The predicted molar refractivity (Wildman–Crippen MR) is 94.3 cm³/mol. The Morgan fingerprint density at radius 2 is 1.46 bits per heavy atom. The van der Waals surface area contributed by atoms with E-state index in [1.54, 1.807) is 18.2 Å². The van der Waals surface area contributed by atoms with E-state index in [9.17, 15) is 16.8 Å². The zero-order chi connectivity index (χ0) is 18.1. The van der Waals surface area contributed by atoms with Crippen molar-refractivity contribution in [2.45, 2.75) is 16.7 Å². The lowest BCUT2D eigenvalue weighted by molar-refractivity contribution is 0.520. The third-order valence-corrected chi connectivity index (χ3v) is 6.80. The Bertz CT molecular complexity index is 953. The number of rotatable bonds is 5. The number of nitrogens with one attached hydrogen (secondary N) is 1. The van der Waals surface area contributed by atoms with E-state index < -0.39 is 20.0 Å². The average molecular weight is 389 g/mol. The predicted octanol–water partition coefficient (Wildman–Crippen LogP) is 2.70. The maximum atomic E-state index is 12.4. The van der Waals surface area contributed by atoms with Crippen molar-refractivity contribution >= 4 is 37.3 Å². The van der Waals surface area contributed by atoms with Gasteiger partial charge in [-0.25, -0.2) is 21.1 Å². The Balaban J connectivity index is 2.33. The van der Waals surface area contributed by atoms with Gasteiger partial charge in [0.25, 0.3) is 10.0 Å². The zero-order valence-corrected chi connectivity index (χ0v) is 15.7. The lowest BCUT2D eigenvalue weighted by Crippen LogP contribution is -2.22. The second-order valence-corrected chi connectivity index (χ2v) is 9.59. The second kappa shape index (κ2) is 6.72. The van der Waals surface area contributed by atoms with Crippen LogP contribution < -0.4 is 4.72 Å². The van der Waals surface area contributed by atoms with Gasteiger partial charge in [-0.2, -0.15) is 0 Å². The van der Waals surface area contributed by atoms with E-state index in [1.807, 2.05) is 6.92 Å². The van der Waals surface area contributed by atoms with E-state index in [2.05, 4.69) is 4.72 Å². The maximum absolute atomic E-state index is 12.4. The van der Waals surface area contributed by atoms with Crippen molar-refractivity contribution in [3.8, 4) is 0 Å². The van der Waals surface area contributed by atoms with E-state index in [0.717, 1.165) is 9.87 Å². The summed E-state index contributed by atoms with van der Waals surface area (Å²) in [5, 5.41) is 0.283. The summed E-state index contributed by atoms with van der Waals surface area (Å²) in [5.74, 6) is 0. The molecular weight excluding hydrogens is 372 g/mol. The molecule has 0 radical (unpaired) electrons. The fourth-order valence-corrected chi connectivity index (χ4v) is 4.23. The molecule has 9 heteroatoms. The van der Waals surface area contributed by atoms with E-state index >= 15 is 0 Å². The van der Waals surface area contributed by atoms with Crippen LogP contribution >= 0.6 is 11.6 Å². The lowest BCUT2D eigenvalue weighted by atomic mass is 10.2. The van der Waals surface area contributed by atoms with Crippen molar-refractivity contribution < 1.29 is 16.8 Å². The van der Waals surface area contributed by atoms with Crippen molar-refractivity contribution in [3.05, 3.63) is 53.1 Å². The zero-order valence-electron chi connectivity index (χ0n) is 13.3. The van der Waals surface area contributed by atoms with Crippen LogP contribution in [0.1, 0.15) is 5.56 Å².